The number of ether oxygens (including phenoxy) is 1. The molecule has 0 spiro atoms. The van der Waals surface area contributed by atoms with E-state index in [1.807, 2.05) is 72.8 Å². The Labute approximate surface area is 216 Å². The van der Waals surface area contributed by atoms with Crippen molar-refractivity contribution in [3.05, 3.63) is 88.9 Å². The van der Waals surface area contributed by atoms with E-state index in [9.17, 15) is 9.90 Å². The number of halogens is 1. The summed E-state index contributed by atoms with van der Waals surface area (Å²) in [5, 5.41) is 19.1. The number of hydrogen-bond donors (Lipinski definition) is 3. The zero-order valence-electron chi connectivity index (χ0n) is 19.6. The maximum atomic E-state index is 11.5. The van der Waals surface area contributed by atoms with Crippen molar-refractivity contribution < 1.29 is 19.7 Å². The number of nitrogens with two attached hydrogens (primary N) is 1. The maximum absolute atomic E-state index is 11.5. The van der Waals surface area contributed by atoms with E-state index in [0.717, 1.165) is 39.5 Å². The number of carboxylic acid groups (broad SMARTS) is 1. The molecular formula is C28H32ClNO4S. The molecule has 35 heavy (non-hydrogen) atoms. The van der Waals surface area contributed by atoms with Crippen molar-refractivity contribution in [2.75, 3.05) is 6.61 Å². The van der Waals surface area contributed by atoms with Gasteiger partial charge in [0.2, 0.25) is 0 Å². The molecule has 0 bridgehead atoms. The van der Waals surface area contributed by atoms with Gasteiger partial charge in [0.25, 0.3) is 0 Å². The van der Waals surface area contributed by atoms with Crippen molar-refractivity contribution in [2.24, 2.45) is 11.7 Å². The van der Waals surface area contributed by atoms with Gasteiger partial charge in [-0.1, -0.05) is 65.8 Å². The molecule has 3 rings (SSSR count). The van der Waals surface area contributed by atoms with Gasteiger partial charge < -0.3 is 20.7 Å². The van der Waals surface area contributed by atoms with Crippen LogP contribution in [0.4, 0.5) is 0 Å². The number of hydrogen-bond acceptors (Lipinski definition) is 5. The lowest BCUT2D eigenvalue weighted by Crippen LogP contribution is -2.35. The number of carbonyl (C=O) groups is 1. The summed E-state index contributed by atoms with van der Waals surface area (Å²) in [4.78, 5) is 13.5. The van der Waals surface area contributed by atoms with Gasteiger partial charge in [0, 0.05) is 27.5 Å². The van der Waals surface area contributed by atoms with Crippen molar-refractivity contribution in [1.82, 2.24) is 0 Å². The molecule has 0 radical (unpaired) electrons. The third kappa shape index (κ3) is 8.89. The fourth-order valence-corrected chi connectivity index (χ4v) is 5.11. The van der Waals surface area contributed by atoms with Crippen LogP contribution < -0.4 is 10.5 Å². The Hall–Kier alpha value is -2.51. The normalized spacial score (nSPS) is 12.8. The number of rotatable bonds is 14. The van der Waals surface area contributed by atoms with Crippen molar-refractivity contribution >= 4 is 29.3 Å². The molecule has 5 nitrogen and oxygen atoms in total. The summed E-state index contributed by atoms with van der Waals surface area (Å²) in [6.07, 6.45) is 2.89. The first-order valence-corrected chi connectivity index (χ1v) is 13.0. The van der Waals surface area contributed by atoms with Gasteiger partial charge in [-0.15, -0.1) is 0 Å². The molecule has 0 aromatic heterocycles. The molecule has 3 aromatic rings. The van der Waals surface area contributed by atoms with Crippen molar-refractivity contribution in [2.45, 2.75) is 54.5 Å². The molecule has 0 aliphatic carbocycles. The van der Waals surface area contributed by atoms with Crippen molar-refractivity contribution in [1.29, 1.82) is 0 Å². The Morgan fingerprint density at radius 1 is 0.971 bits per heavy atom. The smallest absolute Gasteiger partial charge is 0.308 e. The van der Waals surface area contributed by atoms with Crippen LogP contribution in [0.3, 0.4) is 0 Å². The largest absolute Gasteiger partial charge is 0.489 e. The molecule has 4 N–H and O–H groups in total. The second-order valence-corrected chi connectivity index (χ2v) is 10.0. The average Bonchev–Trinajstić information content (AvgIpc) is 2.85. The number of carboxylic acids is 1. The van der Waals surface area contributed by atoms with E-state index in [4.69, 9.17) is 27.2 Å². The second-order valence-electron chi connectivity index (χ2n) is 8.47. The summed E-state index contributed by atoms with van der Waals surface area (Å²) in [5.74, 6) is -0.722. The third-order valence-corrected chi connectivity index (χ3v) is 7.14. The highest BCUT2D eigenvalue weighted by atomic mass is 35.5. The van der Waals surface area contributed by atoms with Gasteiger partial charge in [-0.2, -0.15) is 0 Å². The molecule has 3 aromatic carbocycles. The van der Waals surface area contributed by atoms with E-state index in [2.05, 4.69) is 0 Å². The number of aliphatic hydroxyl groups is 1. The lowest BCUT2D eigenvalue weighted by atomic mass is 9.91. The van der Waals surface area contributed by atoms with E-state index < -0.39 is 17.9 Å². The monoisotopic (exact) mass is 513 g/mol. The molecular weight excluding hydrogens is 482 g/mol. The Morgan fingerprint density at radius 2 is 1.74 bits per heavy atom. The molecule has 0 amide bonds. The Bertz CT molecular complexity index is 1080. The van der Waals surface area contributed by atoms with Crippen molar-refractivity contribution in [3.63, 3.8) is 0 Å². The third-order valence-electron chi connectivity index (χ3n) is 5.80. The Balaban J connectivity index is 1.52. The molecule has 186 valence electrons. The van der Waals surface area contributed by atoms with E-state index in [-0.39, 0.29) is 6.61 Å². The highest BCUT2D eigenvalue weighted by Crippen LogP contribution is 2.33. The molecule has 7 heteroatoms. The fourth-order valence-electron chi connectivity index (χ4n) is 3.86. The van der Waals surface area contributed by atoms with Gasteiger partial charge >= 0.3 is 5.97 Å². The van der Waals surface area contributed by atoms with Gasteiger partial charge in [0.1, 0.15) is 12.4 Å². The summed E-state index contributed by atoms with van der Waals surface area (Å²) in [6, 6.07) is 23.6. The molecule has 0 aliphatic rings. The minimum atomic E-state index is -0.903. The van der Waals surface area contributed by atoms with Crippen LogP contribution in [0.25, 0.3) is 0 Å². The zero-order valence-corrected chi connectivity index (χ0v) is 21.2. The van der Waals surface area contributed by atoms with E-state index >= 15 is 0 Å². The molecule has 0 saturated carbocycles. The molecule has 2 atom stereocenters. The van der Waals surface area contributed by atoms with Crippen LogP contribution in [0.5, 0.6) is 5.75 Å². The van der Waals surface area contributed by atoms with E-state index in [1.54, 1.807) is 11.8 Å². The maximum Gasteiger partial charge on any atom is 0.308 e. The van der Waals surface area contributed by atoms with Crippen LogP contribution in [0, 0.1) is 5.92 Å². The zero-order chi connectivity index (χ0) is 25.0. The lowest BCUT2D eigenvalue weighted by Gasteiger charge is -2.20. The number of aryl methyl sites for hydroxylation is 1. The molecule has 0 saturated heterocycles. The lowest BCUT2D eigenvalue weighted by molar-refractivity contribution is -0.142. The second kappa shape index (κ2) is 14.1. The predicted octanol–water partition coefficient (Wildman–Crippen LogP) is 6.19. The summed E-state index contributed by atoms with van der Waals surface area (Å²) in [5.41, 5.74) is 8.27. The van der Waals surface area contributed by atoms with Crippen LogP contribution in [0.15, 0.2) is 82.6 Å². The van der Waals surface area contributed by atoms with Crippen LogP contribution in [0.2, 0.25) is 5.02 Å². The predicted molar refractivity (Wildman–Crippen MR) is 141 cm³/mol. The number of benzene rings is 3. The van der Waals surface area contributed by atoms with Gasteiger partial charge in [-0.3, -0.25) is 4.79 Å². The minimum absolute atomic E-state index is 0.0263. The quantitative estimate of drug-likeness (QED) is 0.238. The minimum Gasteiger partial charge on any atom is -0.489 e. The van der Waals surface area contributed by atoms with Crippen LogP contribution >= 0.6 is 23.4 Å². The van der Waals surface area contributed by atoms with E-state index in [0.29, 0.717) is 30.9 Å². The summed E-state index contributed by atoms with van der Waals surface area (Å²) in [7, 11) is 0. The molecule has 0 heterocycles. The van der Waals surface area contributed by atoms with Gasteiger partial charge in [-0.05, 0) is 73.6 Å². The van der Waals surface area contributed by atoms with Gasteiger partial charge in [0.15, 0.2) is 0 Å². The topological polar surface area (TPSA) is 92.8 Å². The number of aliphatic hydroxyl groups excluding tert-OH is 1. The standard InChI is InChI=1S/C28H32ClNO4S/c29-26-18-24(15-14-21(26)9-4-13-27(30)25(28(32)33)12-6-16-31)35-23-11-5-10-22(17-23)34-19-20-7-2-1-3-8-20/h1-3,5,7-8,10-11,14-15,17-18,25,27,31H,4,6,9,12-13,16,19,30H2,(H,32,33). The van der Waals surface area contributed by atoms with Gasteiger partial charge in [-0.25, -0.2) is 0 Å². The average molecular weight is 514 g/mol. The Kier molecular flexibility index (Phi) is 10.9. The first-order chi connectivity index (χ1) is 17.0. The van der Waals surface area contributed by atoms with Crippen LogP contribution in [0.1, 0.15) is 36.8 Å². The molecule has 2 unspecified atom stereocenters. The van der Waals surface area contributed by atoms with Crippen LogP contribution in [-0.2, 0) is 17.8 Å². The Morgan fingerprint density at radius 3 is 2.46 bits per heavy atom. The highest BCUT2D eigenvalue weighted by molar-refractivity contribution is 7.99. The summed E-state index contributed by atoms with van der Waals surface area (Å²) < 4.78 is 5.93. The SMILES string of the molecule is NC(CCCc1ccc(Sc2cccc(OCc3ccccc3)c2)cc1Cl)C(CCCO)C(=O)O. The van der Waals surface area contributed by atoms with Gasteiger partial charge in [0.05, 0.1) is 5.92 Å². The van der Waals surface area contributed by atoms with E-state index in [1.165, 1.54) is 0 Å². The molecule has 0 fully saturated rings. The first-order valence-electron chi connectivity index (χ1n) is 11.8. The highest BCUT2D eigenvalue weighted by Gasteiger charge is 2.24. The summed E-state index contributed by atoms with van der Waals surface area (Å²) in [6.45, 7) is 0.495. The first kappa shape index (κ1) is 27.1. The fraction of sp³-hybridized carbons (Fsp3) is 0.321. The van der Waals surface area contributed by atoms with Crippen molar-refractivity contribution in [3.8, 4) is 5.75 Å². The summed E-state index contributed by atoms with van der Waals surface area (Å²) >= 11 is 8.17. The number of aliphatic carboxylic acids is 1. The molecule has 0 aliphatic heterocycles. The van der Waals surface area contributed by atoms with Crippen LogP contribution in [-0.4, -0.2) is 28.8 Å².